The molecule has 0 saturated heterocycles. The molecule has 130 valence electrons. The molecule has 0 fully saturated rings. The zero-order valence-electron chi connectivity index (χ0n) is 13.2. The highest BCUT2D eigenvalue weighted by atomic mass is 79.9. The molecule has 0 aromatic heterocycles. The van der Waals surface area contributed by atoms with Gasteiger partial charge in [-0.3, -0.25) is 0 Å². The largest absolute Gasteiger partial charge is 0.493 e. The highest BCUT2D eigenvalue weighted by molar-refractivity contribution is 9.10. The summed E-state index contributed by atoms with van der Waals surface area (Å²) in [5.74, 6) is 0.355. The fourth-order valence-electron chi connectivity index (χ4n) is 2.14. The lowest BCUT2D eigenvalue weighted by Crippen LogP contribution is -2.26. The van der Waals surface area contributed by atoms with Crippen molar-refractivity contribution in [3.8, 4) is 11.5 Å². The Bertz CT molecular complexity index is 827. The first-order valence-corrected chi connectivity index (χ1v) is 9.31. The quantitative estimate of drug-likeness (QED) is 0.751. The van der Waals surface area contributed by atoms with Crippen molar-refractivity contribution in [2.75, 3.05) is 20.8 Å². The first-order chi connectivity index (χ1) is 11.4. The van der Waals surface area contributed by atoms with Gasteiger partial charge in [0, 0.05) is 17.1 Å². The van der Waals surface area contributed by atoms with Crippen LogP contribution in [0.15, 0.2) is 45.8 Å². The van der Waals surface area contributed by atoms with Gasteiger partial charge < -0.3 is 9.47 Å². The molecule has 0 amide bonds. The van der Waals surface area contributed by atoms with Crippen LogP contribution in [0.1, 0.15) is 5.56 Å². The normalized spacial score (nSPS) is 11.3. The molecule has 0 aliphatic heterocycles. The van der Waals surface area contributed by atoms with Gasteiger partial charge in [0.1, 0.15) is 10.7 Å². The molecule has 0 saturated carbocycles. The fourth-order valence-corrected chi connectivity index (χ4v) is 4.21. The van der Waals surface area contributed by atoms with Crippen LogP contribution in [-0.4, -0.2) is 29.2 Å². The third-order valence-electron chi connectivity index (χ3n) is 3.37. The molecule has 0 bridgehead atoms. The minimum absolute atomic E-state index is 0.0219. The van der Waals surface area contributed by atoms with Crippen molar-refractivity contribution in [1.29, 1.82) is 0 Å². The maximum absolute atomic E-state index is 13.6. The average Bonchev–Trinajstić information content (AvgIpc) is 2.56. The summed E-state index contributed by atoms with van der Waals surface area (Å²) in [6.07, 6.45) is 0.247. The molecule has 0 heterocycles. The third kappa shape index (κ3) is 4.25. The lowest BCUT2D eigenvalue weighted by Gasteiger charge is -2.13. The summed E-state index contributed by atoms with van der Waals surface area (Å²) in [6, 6.07) is 9.14. The van der Waals surface area contributed by atoms with Crippen LogP contribution in [-0.2, 0) is 16.4 Å². The minimum Gasteiger partial charge on any atom is -0.493 e. The standard InChI is InChI=1S/C16H17BrFNO4S/c1-22-14-9-12(17)16(10-15(14)23-2)24(20,21)19-8-7-11-5-3-4-6-13(11)18/h3-6,9-10,19H,7-8H2,1-2H3. The average molecular weight is 418 g/mol. The molecule has 5 nitrogen and oxygen atoms in total. The van der Waals surface area contributed by atoms with E-state index in [2.05, 4.69) is 20.7 Å². The Hall–Kier alpha value is -1.64. The van der Waals surface area contributed by atoms with Crippen LogP contribution < -0.4 is 14.2 Å². The number of methoxy groups -OCH3 is 2. The van der Waals surface area contributed by atoms with Crippen LogP contribution in [0.25, 0.3) is 0 Å². The van der Waals surface area contributed by atoms with Gasteiger partial charge in [-0.25, -0.2) is 17.5 Å². The summed E-state index contributed by atoms with van der Waals surface area (Å²) in [4.78, 5) is 0.0219. The number of ether oxygens (including phenoxy) is 2. The second kappa shape index (κ2) is 7.96. The van der Waals surface area contributed by atoms with Crippen molar-refractivity contribution in [1.82, 2.24) is 4.72 Å². The number of nitrogens with one attached hydrogen (secondary N) is 1. The van der Waals surface area contributed by atoms with E-state index in [1.165, 1.54) is 32.4 Å². The Labute approximate surface area is 149 Å². The highest BCUT2D eigenvalue weighted by Crippen LogP contribution is 2.35. The first-order valence-electron chi connectivity index (χ1n) is 7.03. The molecular weight excluding hydrogens is 401 g/mol. The van der Waals surface area contributed by atoms with Gasteiger partial charge in [-0.1, -0.05) is 18.2 Å². The molecule has 2 rings (SSSR count). The van der Waals surface area contributed by atoms with Crippen LogP contribution >= 0.6 is 15.9 Å². The third-order valence-corrected chi connectivity index (χ3v) is 5.79. The summed E-state index contributed by atoms with van der Waals surface area (Å²) >= 11 is 3.22. The number of halogens is 2. The first kappa shape index (κ1) is 18.7. The van der Waals surface area contributed by atoms with Gasteiger partial charge in [0.05, 0.1) is 14.2 Å². The van der Waals surface area contributed by atoms with Gasteiger partial charge in [0.25, 0.3) is 0 Å². The number of hydrogen-bond donors (Lipinski definition) is 1. The summed E-state index contributed by atoms with van der Waals surface area (Å²) in [6.45, 7) is 0.0735. The molecule has 0 atom stereocenters. The molecule has 1 N–H and O–H groups in total. The summed E-state index contributed by atoms with van der Waals surface area (Å²) in [5.41, 5.74) is 0.451. The van der Waals surface area contributed by atoms with Crippen LogP contribution in [0.5, 0.6) is 11.5 Å². The predicted molar refractivity (Wildman–Crippen MR) is 92.5 cm³/mol. The van der Waals surface area contributed by atoms with Crippen molar-refractivity contribution >= 4 is 26.0 Å². The second-order valence-electron chi connectivity index (χ2n) is 4.88. The predicted octanol–water partition coefficient (Wildman–Crippen LogP) is 3.13. The molecule has 0 aliphatic carbocycles. The van der Waals surface area contributed by atoms with E-state index in [0.717, 1.165) is 0 Å². The maximum Gasteiger partial charge on any atom is 0.241 e. The molecule has 0 aliphatic rings. The molecule has 8 heteroatoms. The van der Waals surface area contributed by atoms with E-state index < -0.39 is 10.0 Å². The van der Waals surface area contributed by atoms with Gasteiger partial charge in [-0.15, -0.1) is 0 Å². The van der Waals surface area contributed by atoms with Crippen molar-refractivity contribution in [3.63, 3.8) is 0 Å². The van der Waals surface area contributed by atoms with E-state index in [9.17, 15) is 12.8 Å². The van der Waals surface area contributed by atoms with E-state index in [1.54, 1.807) is 18.2 Å². The Balaban J connectivity index is 2.17. The van der Waals surface area contributed by atoms with Crippen molar-refractivity contribution < 1.29 is 22.3 Å². The summed E-state index contributed by atoms with van der Waals surface area (Å²) in [7, 11) is -0.899. The van der Waals surface area contributed by atoms with Gasteiger partial charge in [-0.05, 0) is 40.0 Å². The summed E-state index contributed by atoms with van der Waals surface area (Å²) < 4.78 is 51.6. The molecule has 0 unspecified atom stereocenters. The number of sulfonamides is 1. The molecular formula is C16H17BrFNO4S. The van der Waals surface area contributed by atoms with Crippen LogP contribution in [0.2, 0.25) is 0 Å². The topological polar surface area (TPSA) is 64.6 Å². The monoisotopic (exact) mass is 417 g/mol. The molecule has 2 aromatic rings. The highest BCUT2D eigenvalue weighted by Gasteiger charge is 2.21. The van der Waals surface area contributed by atoms with Gasteiger partial charge >= 0.3 is 0 Å². The molecule has 0 radical (unpaired) electrons. The Morgan fingerprint density at radius 3 is 2.38 bits per heavy atom. The molecule has 0 spiro atoms. The van der Waals surface area contributed by atoms with Gasteiger partial charge in [-0.2, -0.15) is 0 Å². The van der Waals surface area contributed by atoms with E-state index in [1.807, 2.05) is 0 Å². The Kier molecular flexibility index (Phi) is 6.20. The number of hydrogen-bond acceptors (Lipinski definition) is 4. The molecule has 24 heavy (non-hydrogen) atoms. The lowest BCUT2D eigenvalue weighted by molar-refractivity contribution is 0.353. The lowest BCUT2D eigenvalue weighted by atomic mass is 10.1. The van der Waals surface area contributed by atoms with Crippen LogP contribution in [0.3, 0.4) is 0 Å². The van der Waals surface area contributed by atoms with Crippen molar-refractivity contribution in [2.24, 2.45) is 0 Å². The number of benzene rings is 2. The Morgan fingerprint density at radius 1 is 1.12 bits per heavy atom. The van der Waals surface area contributed by atoms with E-state index >= 15 is 0 Å². The number of rotatable bonds is 7. The zero-order valence-corrected chi connectivity index (χ0v) is 15.6. The SMILES string of the molecule is COc1cc(Br)c(S(=O)(=O)NCCc2ccccc2F)cc1OC. The smallest absolute Gasteiger partial charge is 0.241 e. The molecule has 2 aromatic carbocycles. The maximum atomic E-state index is 13.6. The van der Waals surface area contributed by atoms with E-state index in [-0.39, 0.29) is 23.7 Å². The fraction of sp³-hybridized carbons (Fsp3) is 0.250. The second-order valence-corrected chi connectivity index (χ2v) is 7.47. The van der Waals surface area contributed by atoms with Crippen LogP contribution in [0.4, 0.5) is 4.39 Å². The van der Waals surface area contributed by atoms with E-state index in [4.69, 9.17) is 9.47 Å². The van der Waals surface area contributed by atoms with Crippen molar-refractivity contribution in [3.05, 3.63) is 52.3 Å². The van der Waals surface area contributed by atoms with Gasteiger partial charge in [0.15, 0.2) is 11.5 Å². The van der Waals surface area contributed by atoms with Crippen molar-refractivity contribution in [2.45, 2.75) is 11.3 Å². The summed E-state index contributed by atoms with van der Waals surface area (Å²) in [5, 5.41) is 0. The Morgan fingerprint density at radius 2 is 1.75 bits per heavy atom. The minimum atomic E-state index is -3.79. The van der Waals surface area contributed by atoms with Gasteiger partial charge in [0.2, 0.25) is 10.0 Å². The zero-order chi connectivity index (χ0) is 17.7. The van der Waals surface area contributed by atoms with Crippen LogP contribution in [0, 0.1) is 5.82 Å². The van der Waals surface area contributed by atoms with E-state index in [0.29, 0.717) is 21.5 Å².